The molecule has 1 aliphatic rings. The van der Waals surface area contributed by atoms with Crippen LogP contribution in [0.2, 0.25) is 0 Å². The van der Waals surface area contributed by atoms with Gasteiger partial charge in [-0.1, -0.05) is 12.1 Å². The number of methoxy groups -OCH3 is 1. The molecule has 0 saturated carbocycles. The van der Waals surface area contributed by atoms with Gasteiger partial charge in [0.25, 0.3) is 11.6 Å². The summed E-state index contributed by atoms with van der Waals surface area (Å²) in [7, 11) is 3.27. The Morgan fingerprint density at radius 3 is 2.11 bits per heavy atom. The number of benzene rings is 1. The van der Waals surface area contributed by atoms with Crippen LogP contribution < -0.4 is 9.47 Å². The van der Waals surface area contributed by atoms with E-state index in [4.69, 9.17) is 14.2 Å². The van der Waals surface area contributed by atoms with E-state index in [9.17, 15) is 14.8 Å². The second-order valence-corrected chi connectivity index (χ2v) is 7.35. The van der Waals surface area contributed by atoms with Crippen molar-refractivity contribution in [2.45, 2.75) is 39.4 Å². The van der Waals surface area contributed by atoms with E-state index in [1.54, 1.807) is 56.8 Å². The summed E-state index contributed by atoms with van der Waals surface area (Å²) in [5.41, 5.74) is 1.83. The molecule has 1 aromatic heterocycles. The van der Waals surface area contributed by atoms with E-state index < -0.39 is 29.6 Å². The number of esters is 2. The zero-order valence-electron chi connectivity index (χ0n) is 16.8. The summed E-state index contributed by atoms with van der Waals surface area (Å²) in [6.45, 7) is 6.48. The minimum absolute atomic E-state index is 0.263. The first-order valence-electron chi connectivity index (χ1n) is 8.92. The van der Waals surface area contributed by atoms with Crippen LogP contribution in [0.1, 0.15) is 42.5 Å². The summed E-state index contributed by atoms with van der Waals surface area (Å²) < 4.78 is 18.3. The summed E-state index contributed by atoms with van der Waals surface area (Å²) in [5.74, 6) is -4.09. The van der Waals surface area contributed by atoms with Crippen LogP contribution in [0.5, 0.6) is 5.75 Å². The topological polar surface area (TPSA) is 93.7 Å². The van der Waals surface area contributed by atoms with Gasteiger partial charge >= 0.3 is 11.9 Å². The standard InChI is InChI=1S/C20H24N2O6/c1-11-12(2)22(25)17(21(11)5)15(13-7-9-14(26-6)10-8-13)16-18(23)27-20(3,4)28-19(16)24/h7-10,15-16H,1-6H3/t15-/m1/s1. The van der Waals surface area contributed by atoms with Gasteiger partial charge in [0.05, 0.1) is 14.2 Å². The minimum Gasteiger partial charge on any atom is -0.711 e. The Labute approximate surface area is 163 Å². The molecule has 0 spiro atoms. The molecule has 8 nitrogen and oxygen atoms in total. The Balaban J connectivity index is 2.19. The summed E-state index contributed by atoms with van der Waals surface area (Å²) in [4.78, 5) is 25.6. The number of imidazole rings is 1. The lowest BCUT2D eigenvalue weighted by Gasteiger charge is -2.35. The molecule has 3 rings (SSSR count). The number of carbonyl (C=O) groups is 2. The number of nitrogens with zero attached hydrogens (tertiary/aromatic N) is 2. The lowest BCUT2D eigenvalue weighted by atomic mass is 9.84. The maximum atomic E-state index is 12.9. The van der Waals surface area contributed by atoms with Gasteiger partial charge in [-0.3, -0.25) is 9.59 Å². The van der Waals surface area contributed by atoms with E-state index in [0.717, 1.165) is 10.4 Å². The molecule has 0 radical (unpaired) electrons. The molecule has 1 aromatic carbocycles. The summed E-state index contributed by atoms with van der Waals surface area (Å²) in [5, 5.41) is 12.9. The first kappa shape index (κ1) is 19.7. The summed E-state index contributed by atoms with van der Waals surface area (Å²) in [6.07, 6.45) is 0. The second-order valence-electron chi connectivity index (χ2n) is 7.35. The van der Waals surface area contributed by atoms with E-state index in [1.807, 2.05) is 0 Å². The largest absolute Gasteiger partial charge is 0.711 e. The third kappa shape index (κ3) is 3.19. The minimum atomic E-state index is -1.34. The van der Waals surface area contributed by atoms with Crippen LogP contribution in [0.4, 0.5) is 0 Å². The number of hydrogen-bond acceptors (Lipinski definition) is 6. The maximum Gasteiger partial charge on any atom is 0.324 e. The highest BCUT2D eigenvalue weighted by Gasteiger charge is 2.51. The Morgan fingerprint density at radius 2 is 1.68 bits per heavy atom. The average Bonchev–Trinajstić information content (AvgIpc) is 2.81. The van der Waals surface area contributed by atoms with Crippen molar-refractivity contribution in [2.24, 2.45) is 13.0 Å². The molecule has 1 fully saturated rings. The van der Waals surface area contributed by atoms with Gasteiger partial charge < -0.3 is 19.4 Å². The lowest BCUT2D eigenvalue weighted by Crippen LogP contribution is -2.50. The highest BCUT2D eigenvalue weighted by molar-refractivity contribution is 5.98. The molecule has 0 N–H and O–H groups in total. The van der Waals surface area contributed by atoms with Crippen molar-refractivity contribution >= 4 is 11.9 Å². The van der Waals surface area contributed by atoms with Crippen LogP contribution in [-0.2, 0) is 26.1 Å². The molecular formula is C20H24N2O6. The molecule has 8 heteroatoms. The molecule has 1 aliphatic heterocycles. The zero-order valence-corrected chi connectivity index (χ0v) is 16.8. The van der Waals surface area contributed by atoms with Crippen molar-refractivity contribution in [2.75, 3.05) is 7.11 Å². The Bertz CT molecular complexity index is 884. The van der Waals surface area contributed by atoms with Gasteiger partial charge in [0.15, 0.2) is 5.92 Å². The lowest BCUT2D eigenvalue weighted by molar-refractivity contribution is -0.621. The predicted octanol–water partition coefficient (Wildman–Crippen LogP) is 1.87. The molecule has 0 bridgehead atoms. The monoisotopic (exact) mass is 388 g/mol. The molecule has 0 amide bonds. The van der Waals surface area contributed by atoms with Crippen molar-refractivity contribution < 1.29 is 28.5 Å². The molecule has 0 unspecified atom stereocenters. The van der Waals surface area contributed by atoms with E-state index in [1.165, 1.54) is 13.8 Å². The van der Waals surface area contributed by atoms with Crippen LogP contribution in [0.3, 0.4) is 0 Å². The van der Waals surface area contributed by atoms with Crippen LogP contribution in [0.25, 0.3) is 0 Å². The maximum absolute atomic E-state index is 12.9. The van der Waals surface area contributed by atoms with Crippen molar-refractivity contribution in [3.05, 3.63) is 52.2 Å². The molecule has 2 aromatic rings. The Hall–Kier alpha value is -3.03. The fourth-order valence-corrected chi connectivity index (χ4v) is 3.51. The average molecular weight is 388 g/mol. The van der Waals surface area contributed by atoms with E-state index in [0.29, 0.717) is 17.0 Å². The van der Waals surface area contributed by atoms with Crippen molar-refractivity contribution in [3.8, 4) is 5.75 Å². The van der Waals surface area contributed by atoms with Gasteiger partial charge in [-0.25, -0.2) is 9.30 Å². The van der Waals surface area contributed by atoms with Gasteiger partial charge in [-0.2, -0.15) is 0 Å². The van der Waals surface area contributed by atoms with Gasteiger partial charge in [0, 0.05) is 27.7 Å². The summed E-state index contributed by atoms with van der Waals surface area (Å²) >= 11 is 0. The van der Waals surface area contributed by atoms with Crippen molar-refractivity contribution in [1.29, 1.82) is 0 Å². The van der Waals surface area contributed by atoms with Gasteiger partial charge in [-0.15, -0.1) is 0 Å². The normalized spacial score (nSPS) is 17.8. The molecule has 1 saturated heterocycles. The Kier molecular flexibility index (Phi) is 4.82. The molecule has 28 heavy (non-hydrogen) atoms. The van der Waals surface area contributed by atoms with Crippen molar-refractivity contribution in [1.82, 2.24) is 4.57 Å². The van der Waals surface area contributed by atoms with Crippen molar-refractivity contribution in [3.63, 3.8) is 0 Å². The van der Waals surface area contributed by atoms with E-state index in [2.05, 4.69) is 0 Å². The predicted molar refractivity (Wildman–Crippen MR) is 98.4 cm³/mol. The van der Waals surface area contributed by atoms with Gasteiger partial charge in [0.2, 0.25) is 0 Å². The second kappa shape index (κ2) is 6.85. The molecule has 2 heterocycles. The number of aromatic nitrogens is 2. The van der Waals surface area contributed by atoms with Crippen LogP contribution in [0, 0.1) is 25.0 Å². The van der Waals surface area contributed by atoms with Crippen LogP contribution >= 0.6 is 0 Å². The van der Waals surface area contributed by atoms with E-state index >= 15 is 0 Å². The number of rotatable bonds is 4. The van der Waals surface area contributed by atoms with Gasteiger partial charge in [0.1, 0.15) is 23.1 Å². The fourth-order valence-electron chi connectivity index (χ4n) is 3.51. The molecule has 0 aliphatic carbocycles. The molecule has 150 valence electrons. The highest BCUT2D eigenvalue weighted by atomic mass is 16.7. The molecular weight excluding hydrogens is 364 g/mol. The first-order valence-corrected chi connectivity index (χ1v) is 8.92. The third-order valence-corrected chi connectivity index (χ3v) is 5.17. The highest BCUT2D eigenvalue weighted by Crippen LogP contribution is 2.38. The Morgan fingerprint density at radius 1 is 1.14 bits per heavy atom. The quantitative estimate of drug-likeness (QED) is 0.344. The third-order valence-electron chi connectivity index (χ3n) is 5.17. The fraction of sp³-hybridized carbons (Fsp3) is 0.450. The molecule has 1 atom stereocenters. The zero-order chi connectivity index (χ0) is 20.8. The van der Waals surface area contributed by atoms with E-state index in [-0.39, 0.29) is 5.82 Å². The number of ether oxygens (including phenoxy) is 3. The SMILES string of the molecule is COc1ccc([C@@H](c2n(C)c(C)c(C)[n+]2[O-])C2C(=O)OC(C)(C)OC2=O)cc1. The van der Waals surface area contributed by atoms with Crippen LogP contribution in [-0.4, -0.2) is 29.4 Å². The number of carbonyl (C=O) groups excluding carboxylic acids is 2. The summed E-state index contributed by atoms with van der Waals surface area (Å²) in [6, 6.07) is 6.87. The number of cyclic esters (lactones) is 2. The first-order chi connectivity index (χ1) is 13.1. The van der Waals surface area contributed by atoms with Gasteiger partial charge in [-0.05, 0) is 17.7 Å². The van der Waals surface area contributed by atoms with Crippen LogP contribution in [0.15, 0.2) is 24.3 Å². The smallest absolute Gasteiger partial charge is 0.324 e. The number of hydrogen-bond donors (Lipinski definition) is 0.